The Kier molecular flexibility index (Phi) is 9.25. The first-order chi connectivity index (χ1) is 8.49. The van der Waals surface area contributed by atoms with Crippen molar-refractivity contribution >= 4 is 17.9 Å². The minimum Gasteiger partial charge on any atom is -0.691 e. The van der Waals surface area contributed by atoms with E-state index < -0.39 is 23.2 Å². The molecule has 0 rings (SSSR count). The Bertz CT molecular complexity index is 236. The van der Waals surface area contributed by atoms with E-state index in [-0.39, 0.29) is 13.1 Å². The van der Waals surface area contributed by atoms with Crippen LogP contribution in [0.4, 0.5) is 8.78 Å². The summed E-state index contributed by atoms with van der Waals surface area (Å²) in [6.45, 7) is 4.35. The van der Waals surface area contributed by atoms with E-state index in [1.807, 2.05) is 13.8 Å². The molecule has 5 nitrogen and oxygen atoms in total. The highest BCUT2D eigenvalue weighted by molar-refractivity contribution is 7.96. The largest absolute Gasteiger partial charge is 0.691 e. The number of amides is 1. The second-order valence-corrected chi connectivity index (χ2v) is 4.55. The van der Waals surface area contributed by atoms with Crippen molar-refractivity contribution in [2.24, 2.45) is 0 Å². The van der Waals surface area contributed by atoms with E-state index in [2.05, 4.69) is 9.37 Å². The molecule has 0 saturated heterocycles. The Hall–Kier alpha value is -0.440. The van der Waals surface area contributed by atoms with Crippen LogP contribution in [0.5, 0.6) is 0 Å². The summed E-state index contributed by atoms with van der Waals surface area (Å²) < 4.78 is 30.2. The van der Waals surface area contributed by atoms with E-state index in [9.17, 15) is 18.8 Å². The van der Waals surface area contributed by atoms with E-state index in [0.717, 1.165) is 17.7 Å². The number of halogens is 2. The fourth-order valence-corrected chi connectivity index (χ4v) is 1.60. The monoisotopic (exact) mass is 286 g/mol. The smallest absolute Gasteiger partial charge is 0.397 e. The number of carbonyl (C=O) groups is 1. The van der Waals surface area contributed by atoms with Gasteiger partial charge in [0.2, 0.25) is 0 Å². The molecule has 0 aromatic heterocycles. The van der Waals surface area contributed by atoms with Crippen LogP contribution in [0.3, 0.4) is 0 Å². The molecule has 0 aromatic carbocycles. The van der Waals surface area contributed by atoms with Crippen molar-refractivity contribution < 1.29 is 28.2 Å². The number of hydrogen-bond donors (Lipinski definition) is 0. The molecular formula is C10H18F2NO4S-. The van der Waals surface area contributed by atoms with Crippen LogP contribution >= 0.6 is 12.0 Å². The molecule has 0 saturated carbocycles. The van der Waals surface area contributed by atoms with Crippen LogP contribution in [0.2, 0.25) is 0 Å². The molecule has 0 radical (unpaired) electrons. The predicted molar refractivity (Wildman–Crippen MR) is 61.1 cm³/mol. The summed E-state index contributed by atoms with van der Waals surface area (Å²) in [7, 11) is 0. The van der Waals surface area contributed by atoms with Gasteiger partial charge in [0.15, 0.2) is 0 Å². The molecule has 0 aliphatic rings. The normalized spacial score (nSPS) is 11.6. The molecule has 0 fully saturated rings. The van der Waals surface area contributed by atoms with Crippen LogP contribution in [0.15, 0.2) is 0 Å². The maximum atomic E-state index is 13.3. The van der Waals surface area contributed by atoms with Crippen molar-refractivity contribution in [1.82, 2.24) is 4.90 Å². The highest BCUT2D eigenvalue weighted by atomic mass is 32.2. The highest BCUT2D eigenvalue weighted by Crippen LogP contribution is 2.32. The maximum Gasteiger partial charge on any atom is 0.397 e. The minimum absolute atomic E-state index is 0.268. The Morgan fingerprint density at radius 2 is 1.78 bits per heavy atom. The zero-order chi connectivity index (χ0) is 14.0. The third kappa shape index (κ3) is 6.48. The molecule has 18 heavy (non-hydrogen) atoms. The molecular weight excluding hydrogens is 268 g/mol. The van der Waals surface area contributed by atoms with Crippen molar-refractivity contribution in [1.29, 1.82) is 0 Å². The van der Waals surface area contributed by atoms with Crippen LogP contribution in [-0.4, -0.2) is 29.2 Å². The first-order valence-electron chi connectivity index (χ1n) is 5.81. The minimum atomic E-state index is -3.81. The van der Waals surface area contributed by atoms with Crippen LogP contribution in [0.1, 0.15) is 39.5 Å². The Morgan fingerprint density at radius 3 is 2.17 bits per heavy atom. The van der Waals surface area contributed by atoms with Crippen LogP contribution in [0.25, 0.3) is 0 Å². The van der Waals surface area contributed by atoms with Gasteiger partial charge >= 0.3 is 11.2 Å². The van der Waals surface area contributed by atoms with Gasteiger partial charge in [-0.15, -0.1) is 0 Å². The van der Waals surface area contributed by atoms with Gasteiger partial charge in [0.05, 0.1) is 0 Å². The molecule has 0 aliphatic carbocycles. The molecule has 0 bridgehead atoms. The number of unbranched alkanes of at least 4 members (excludes halogenated alkanes) is 2. The first kappa shape index (κ1) is 17.6. The topological polar surface area (TPSA) is 61.8 Å². The first-order valence-corrected chi connectivity index (χ1v) is 6.55. The van der Waals surface area contributed by atoms with Crippen molar-refractivity contribution in [2.45, 2.75) is 44.8 Å². The van der Waals surface area contributed by atoms with E-state index in [0.29, 0.717) is 12.8 Å². The van der Waals surface area contributed by atoms with Crippen LogP contribution < -0.4 is 5.26 Å². The number of carbonyl (C=O) groups excluding carboxylic acids is 1. The lowest BCUT2D eigenvalue weighted by atomic mass is 10.2. The average molecular weight is 286 g/mol. The lowest BCUT2D eigenvalue weighted by Gasteiger charge is -2.26. The highest BCUT2D eigenvalue weighted by Gasteiger charge is 2.44. The average Bonchev–Trinajstić information content (AvgIpc) is 2.36. The van der Waals surface area contributed by atoms with Gasteiger partial charge in [0.1, 0.15) is 12.0 Å². The molecule has 0 spiro atoms. The third-order valence-electron chi connectivity index (χ3n) is 2.27. The van der Waals surface area contributed by atoms with E-state index in [4.69, 9.17) is 0 Å². The van der Waals surface area contributed by atoms with Gasteiger partial charge in [0, 0.05) is 13.1 Å². The molecule has 0 aliphatic heterocycles. The fraction of sp³-hybridized carbons (Fsp3) is 0.900. The molecule has 0 N–H and O–H groups in total. The summed E-state index contributed by atoms with van der Waals surface area (Å²) in [4.78, 5) is 12.7. The number of hydrogen-bond acceptors (Lipinski definition) is 5. The molecule has 0 atom stereocenters. The summed E-state index contributed by atoms with van der Waals surface area (Å²) in [5.41, 5.74) is 0. The third-order valence-corrected chi connectivity index (χ3v) is 2.77. The van der Waals surface area contributed by atoms with Crippen molar-refractivity contribution in [2.75, 3.05) is 13.1 Å². The lowest BCUT2D eigenvalue weighted by Crippen LogP contribution is -2.43. The zero-order valence-corrected chi connectivity index (χ0v) is 11.3. The van der Waals surface area contributed by atoms with E-state index >= 15 is 0 Å². The van der Waals surface area contributed by atoms with Gasteiger partial charge in [-0.1, -0.05) is 26.7 Å². The quantitative estimate of drug-likeness (QED) is 0.348. The van der Waals surface area contributed by atoms with Crippen molar-refractivity contribution in [3.8, 4) is 0 Å². The lowest BCUT2D eigenvalue weighted by molar-refractivity contribution is -0.777. The number of alkyl halides is 2. The summed E-state index contributed by atoms with van der Waals surface area (Å²) in [5, 5.41) is 8.53. The maximum absolute atomic E-state index is 13.3. The summed E-state index contributed by atoms with van der Waals surface area (Å²) >= 11 is -0.577. The molecule has 1 amide bonds. The molecule has 0 heterocycles. The second-order valence-electron chi connectivity index (χ2n) is 3.74. The van der Waals surface area contributed by atoms with Gasteiger partial charge in [-0.3, -0.25) is 9.83 Å². The van der Waals surface area contributed by atoms with Crippen LogP contribution in [0, 0.1) is 0 Å². The van der Waals surface area contributed by atoms with E-state index in [1.54, 1.807) is 0 Å². The standard InChI is InChI=1S/C10H19F2NO4S/c1-3-5-7-13(8-6-4-2)9(14)10(11,12)18-17-16-15/h15H,3-8H2,1-2H3/p-1. The Balaban J connectivity index is 4.49. The Morgan fingerprint density at radius 1 is 1.28 bits per heavy atom. The van der Waals surface area contributed by atoms with Gasteiger partial charge in [0.25, 0.3) is 0 Å². The second kappa shape index (κ2) is 9.48. The predicted octanol–water partition coefficient (Wildman–Crippen LogP) is 1.88. The molecule has 0 unspecified atom stereocenters. The molecule has 108 valence electrons. The zero-order valence-electron chi connectivity index (χ0n) is 10.5. The number of rotatable bonds is 10. The Labute approximate surface area is 109 Å². The van der Waals surface area contributed by atoms with Crippen LogP contribution in [-0.2, 0) is 14.2 Å². The van der Waals surface area contributed by atoms with Gasteiger partial charge in [-0.05, 0) is 12.8 Å². The summed E-state index contributed by atoms with van der Waals surface area (Å²) in [6, 6.07) is 0. The van der Waals surface area contributed by atoms with E-state index in [1.165, 1.54) is 0 Å². The molecule has 8 heteroatoms. The fourth-order valence-electron chi connectivity index (χ4n) is 1.29. The summed E-state index contributed by atoms with van der Waals surface area (Å²) in [5.74, 6) is -1.36. The number of nitrogens with zero attached hydrogens (tertiary/aromatic N) is 1. The molecule has 0 aromatic rings. The van der Waals surface area contributed by atoms with Gasteiger partial charge in [-0.25, -0.2) is 0 Å². The summed E-state index contributed by atoms with van der Waals surface area (Å²) in [6.07, 6.45) is 2.90. The van der Waals surface area contributed by atoms with Gasteiger partial charge in [-0.2, -0.15) is 13.1 Å². The SMILES string of the molecule is CCCCN(CCCC)C(=O)C(F)(F)SOO[O-]. The van der Waals surface area contributed by atoms with Crippen molar-refractivity contribution in [3.05, 3.63) is 0 Å². The van der Waals surface area contributed by atoms with Gasteiger partial charge < -0.3 is 10.2 Å². The van der Waals surface area contributed by atoms with Crippen molar-refractivity contribution in [3.63, 3.8) is 0 Å².